The fourth-order valence-corrected chi connectivity index (χ4v) is 69.2. The molecule has 0 radical (unpaired) electrons. The molecule has 0 unspecified atom stereocenters. The van der Waals surface area contributed by atoms with Crippen LogP contribution in [0.2, 0.25) is 0 Å². The van der Waals surface area contributed by atoms with Crippen molar-refractivity contribution in [3.63, 3.8) is 0 Å². The standard InChI is InChI=1S/C5H6O2.C4H4O2.C4H6.CH4O.K.S14.S13.S10.H/c1-3-4-5(6)7-2;1-2-3-4(5)6;1-3-4-2;1-2;;1-3-5-7-9-11-13-14-12-10-8-6-4-2;1-3-5-7-9-11-13-12-10-8-6-4-2;1-3-5-7-9-10-8-6-4-2;/h1-2H3;1H3,(H,5,6);1-2H3;2H,1H3;;;;;/q;;;;+1;;;;-1. The molecule has 2 N–H and O–H groups in total. The van der Waals surface area contributed by atoms with Crippen LogP contribution >= 0.6 is 0 Å². The van der Waals surface area contributed by atoms with Crippen molar-refractivity contribution in [3.8, 4) is 35.5 Å². The molecule has 0 aromatic rings. The third kappa shape index (κ3) is 121. The van der Waals surface area contributed by atoms with E-state index in [0.29, 0.717) is 0 Å². The largest absolute Gasteiger partial charge is 1.00 e. The Morgan fingerprint density at radius 2 is 0.579 bits per heavy atom. The van der Waals surface area contributed by atoms with E-state index in [-0.39, 0.29) is 52.8 Å². The minimum absolute atomic E-state index is 0. The average molecular weight is 1490 g/mol. The number of carbonyl (C=O) groups is 2. The van der Waals surface area contributed by atoms with Crippen molar-refractivity contribution < 1.29 is 77.4 Å². The number of methoxy groups -OCH3 is 1. The fourth-order valence-electron chi connectivity index (χ4n) is 0.544. The van der Waals surface area contributed by atoms with Crippen molar-refractivity contribution in [1.29, 1.82) is 0 Å². The van der Waals surface area contributed by atoms with E-state index in [0.717, 1.165) is 7.11 Å². The molecular weight excluding hydrogens is 1470 g/mol. The van der Waals surface area contributed by atoms with Gasteiger partial charge in [-0.25, -0.2) is 9.59 Å². The molecule has 0 saturated carbocycles. The third-order valence-electron chi connectivity index (χ3n) is 1.67. The molecule has 0 rings (SSSR count). The van der Waals surface area contributed by atoms with Gasteiger partial charge in [0.25, 0.3) is 0 Å². The maximum Gasteiger partial charge on any atom is 1.00 e. The van der Waals surface area contributed by atoms with Crippen LogP contribution in [0.15, 0.2) is 0 Å². The zero-order valence-corrected chi connectivity index (χ0v) is 61.6. The SMILES string of the molecule is CC#CC.CC#CC(=O)O.CC#CC(=O)OC.CO.S=S=S=S=S=S=S=S=S=S.S=S=S=S=S=S=S=S=S=S=S=S=S.S=S=S=S=S=S=S=S=S=S=S=S=S=S.[H-].[K+]. The minimum atomic E-state index is -1.07. The summed E-state index contributed by atoms with van der Waals surface area (Å²) in [6.45, 7) is 6.70. The summed E-state index contributed by atoms with van der Waals surface area (Å²) in [5.74, 6) is 12.5. The number of hydrogen-bond donors (Lipinski definition) is 2. The molecule has 0 aromatic carbocycles. The van der Waals surface area contributed by atoms with Crippen molar-refractivity contribution in [2.24, 2.45) is 0 Å². The molecule has 0 amide bonds. The first kappa shape index (κ1) is 81.3. The summed E-state index contributed by atoms with van der Waals surface area (Å²) < 4.78 is 4.18. The van der Waals surface area contributed by atoms with Crippen LogP contribution in [-0.2, 0) is 357 Å². The molecule has 330 valence electrons. The molecule has 5 nitrogen and oxygen atoms in total. The molecule has 0 aliphatic rings. The molecule has 0 aliphatic carbocycles. The summed E-state index contributed by atoms with van der Waals surface area (Å²) in [4.78, 5) is 19.4. The van der Waals surface area contributed by atoms with Crippen LogP contribution < -0.4 is 51.4 Å². The monoisotopic (exact) mass is 1490 g/mol. The molecule has 0 bridgehead atoms. The van der Waals surface area contributed by atoms with Crippen LogP contribution in [0.4, 0.5) is 0 Å². The summed E-state index contributed by atoms with van der Waals surface area (Å²) in [5, 5.41) is 14.7. The van der Waals surface area contributed by atoms with Crippen molar-refractivity contribution in [1.82, 2.24) is 0 Å². The van der Waals surface area contributed by atoms with E-state index in [1.807, 2.05) is 19.8 Å². The van der Waals surface area contributed by atoms with Crippen LogP contribution in [0.5, 0.6) is 0 Å². The molecule has 0 heterocycles. The van der Waals surface area contributed by atoms with Gasteiger partial charge in [-0.3, -0.25) is 0 Å². The zero-order valence-electron chi connectivity index (χ0n) is 29.2. The number of esters is 1. The van der Waals surface area contributed by atoms with E-state index in [1.54, 1.807) is 229 Å². The van der Waals surface area contributed by atoms with Crippen LogP contribution in [0.1, 0.15) is 29.1 Å². The number of carbonyl (C=O) groups excluding carboxylic acids is 1. The molecule has 43 heteroatoms. The van der Waals surface area contributed by atoms with E-state index >= 15 is 0 Å². The second-order valence-corrected chi connectivity index (χ2v) is 59.0. The number of ether oxygens (including phenoxy) is 1. The Morgan fingerprint density at radius 3 is 0.649 bits per heavy atom. The average Bonchev–Trinajstić information content (AvgIpc) is 3.21. The maximum absolute atomic E-state index is 10.0. The maximum atomic E-state index is 10.0. The van der Waals surface area contributed by atoms with Gasteiger partial charge in [0.1, 0.15) is 0 Å². The predicted octanol–water partition coefficient (Wildman–Crippen LogP) is -2.06. The molecule has 0 fully saturated rings. The quantitative estimate of drug-likeness (QED) is 0.122. The van der Waals surface area contributed by atoms with Crippen molar-refractivity contribution in [2.45, 2.75) is 27.7 Å². The van der Waals surface area contributed by atoms with Gasteiger partial charge in [-0.1, -0.05) is 11.8 Å². The van der Waals surface area contributed by atoms with Gasteiger partial charge in [-0.2, -0.15) is 0 Å². The van der Waals surface area contributed by atoms with Gasteiger partial charge in [0.05, 0.1) is 7.11 Å². The van der Waals surface area contributed by atoms with Crippen molar-refractivity contribution in [2.75, 3.05) is 14.2 Å². The fraction of sp³-hybridized carbons (Fsp3) is 0.429. The second-order valence-electron chi connectivity index (χ2n) is 4.16. The van der Waals surface area contributed by atoms with Gasteiger partial charge in [0.2, 0.25) is 0 Å². The molecule has 0 aliphatic heterocycles. The van der Waals surface area contributed by atoms with Crippen molar-refractivity contribution >= 4 is 354 Å². The molecule has 0 spiro atoms. The van der Waals surface area contributed by atoms with Gasteiger partial charge in [-0.15, -0.1) is 11.8 Å². The zero-order chi connectivity index (χ0) is 44.0. The first-order valence-corrected chi connectivity index (χ1v) is 55.9. The number of rotatable bonds is 0. The van der Waals surface area contributed by atoms with E-state index < -0.39 is 11.9 Å². The van der Waals surface area contributed by atoms with E-state index in [4.69, 9.17) is 55.0 Å². The first-order valence-electron chi connectivity index (χ1n) is 10.6. The van der Waals surface area contributed by atoms with E-state index in [9.17, 15) is 9.59 Å². The minimum Gasteiger partial charge on any atom is -1.00 e. The molecule has 0 aromatic heterocycles. The summed E-state index contributed by atoms with van der Waals surface area (Å²) in [7, 11) is 53.0. The first-order chi connectivity index (χ1) is 27.2. The molecular formula is C14H21KO5S37. The third-order valence-corrected chi connectivity index (χ3v) is 63.9. The van der Waals surface area contributed by atoms with Gasteiger partial charge < -0.3 is 16.4 Å². The Hall–Kier alpha value is 7.36. The number of carboxylic acids is 1. The van der Waals surface area contributed by atoms with E-state index in [2.05, 4.69) is 56.7 Å². The molecule has 0 atom stereocenters. The smallest absolute Gasteiger partial charge is 1.00 e. The second kappa shape index (κ2) is 93.4. The summed E-state index contributed by atoms with van der Waals surface area (Å²) in [6, 6.07) is 0. The van der Waals surface area contributed by atoms with E-state index in [1.165, 1.54) is 67.3 Å². The van der Waals surface area contributed by atoms with Crippen LogP contribution in [0.3, 0.4) is 0 Å². The number of aliphatic hydroxyl groups is 1. The summed E-state index contributed by atoms with van der Waals surface area (Å²) in [6.07, 6.45) is 0. The molecule has 0 saturated heterocycles. The van der Waals surface area contributed by atoms with Gasteiger partial charge in [0.15, 0.2) is 0 Å². The predicted molar refractivity (Wildman–Crippen MR) is 347 cm³/mol. The summed E-state index contributed by atoms with van der Waals surface area (Å²) in [5.41, 5.74) is 0. The van der Waals surface area contributed by atoms with Crippen LogP contribution in [-0.4, -0.2) is 36.4 Å². The van der Waals surface area contributed by atoms with Gasteiger partial charge >= 0.3 is 63.3 Å². The van der Waals surface area contributed by atoms with Gasteiger partial charge in [0, 0.05) is 361 Å². The number of aliphatic carboxylic acids is 1. The van der Waals surface area contributed by atoms with Crippen molar-refractivity contribution in [3.05, 3.63) is 0 Å². The molecule has 57 heavy (non-hydrogen) atoms. The van der Waals surface area contributed by atoms with Crippen LogP contribution in [0.25, 0.3) is 0 Å². The Morgan fingerprint density at radius 1 is 0.404 bits per heavy atom. The normalized spacial score (nSPS) is 6.23. The van der Waals surface area contributed by atoms with Crippen LogP contribution in [0, 0.1) is 35.5 Å². The van der Waals surface area contributed by atoms with Gasteiger partial charge in [-0.05, 0) is 27.7 Å². The topological polar surface area (TPSA) is 83.8 Å². The Labute approximate surface area is 496 Å². The number of aliphatic hydroxyl groups excluding tert-OH is 1. The number of carboxylic acid groups (broad SMARTS) is 1. The number of hydrogen-bond acceptors (Lipinski definition) is 10. The Bertz CT molecular complexity index is 2650. The Kier molecular flexibility index (Phi) is 133. The Balaban J connectivity index is -0.0000000726. The summed E-state index contributed by atoms with van der Waals surface area (Å²) >= 11 is 28.1.